The van der Waals surface area contributed by atoms with Gasteiger partial charge in [-0.15, -0.1) is 10.2 Å². The molecule has 32 heavy (non-hydrogen) atoms. The lowest BCUT2D eigenvalue weighted by molar-refractivity contribution is 0.229. The van der Waals surface area contributed by atoms with Crippen LogP contribution in [0.2, 0.25) is 0 Å². The number of aromatic nitrogens is 4. The van der Waals surface area contributed by atoms with Crippen LogP contribution in [0.1, 0.15) is 33.1 Å². The molecule has 0 spiro atoms. The lowest BCUT2D eigenvalue weighted by atomic mass is 9.70. The van der Waals surface area contributed by atoms with E-state index in [0.29, 0.717) is 41.3 Å². The maximum absolute atomic E-state index is 5.95. The average Bonchev–Trinajstić information content (AvgIpc) is 3.28. The van der Waals surface area contributed by atoms with Crippen molar-refractivity contribution in [2.45, 2.75) is 33.6 Å². The fraction of sp³-hybridized carbons (Fsp3) is 0.440. The number of hydrogen-bond acceptors (Lipinski definition) is 7. The first-order valence-corrected chi connectivity index (χ1v) is 11.2. The van der Waals surface area contributed by atoms with Gasteiger partial charge in [-0.2, -0.15) is 0 Å². The molecule has 0 fully saturated rings. The molecule has 0 aromatic carbocycles. The summed E-state index contributed by atoms with van der Waals surface area (Å²) in [6, 6.07) is 7.69. The Hall–Kier alpha value is -3.22. The van der Waals surface area contributed by atoms with E-state index in [0.717, 1.165) is 30.6 Å². The van der Waals surface area contributed by atoms with Gasteiger partial charge in [0.15, 0.2) is 0 Å². The molecule has 1 N–H and O–H groups in total. The van der Waals surface area contributed by atoms with E-state index in [1.165, 1.54) is 5.57 Å². The zero-order chi connectivity index (χ0) is 22.5. The Morgan fingerprint density at radius 2 is 2.06 bits per heavy atom. The van der Waals surface area contributed by atoms with Crippen LogP contribution in [0.5, 0.6) is 5.88 Å². The van der Waals surface area contributed by atoms with Gasteiger partial charge in [0.05, 0.1) is 24.6 Å². The third-order valence-electron chi connectivity index (χ3n) is 6.37. The first-order valence-electron chi connectivity index (χ1n) is 11.2. The van der Waals surface area contributed by atoms with Crippen molar-refractivity contribution in [2.24, 2.45) is 23.7 Å². The fourth-order valence-corrected chi connectivity index (χ4v) is 4.50. The molecule has 3 unspecified atom stereocenters. The molecule has 1 aliphatic carbocycles. The summed E-state index contributed by atoms with van der Waals surface area (Å²) in [6.07, 6.45) is 9.61. The first-order chi connectivity index (χ1) is 15.5. The van der Waals surface area contributed by atoms with Crippen molar-refractivity contribution >= 4 is 5.69 Å². The number of hydrogen-bond donors (Lipinski definition) is 1. The van der Waals surface area contributed by atoms with Crippen LogP contribution in [0.15, 0.2) is 58.9 Å². The maximum Gasteiger partial charge on any atom is 0.249 e. The largest absolute Gasteiger partial charge is 0.481 e. The van der Waals surface area contributed by atoms with Gasteiger partial charge in [-0.25, -0.2) is 4.98 Å². The minimum atomic E-state index is 0.406. The molecule has 7 heteroatoms. The highest BCUT2D eigenvalue weighted by molar-refractivity contribution is 5.50. The lowest BCUT2D eigenvalue weighted by Gasteiger charge is -2.37. The summed E-state index contributed by atoms with van der Waals surface area (Å²) in [5.41, 5.74) is 3.25. The Morgan fingerprint density at radius 3 is 2.75 bits per heavy atom. The van der Waals surface area contributed by atoms with Crippen molar-refractivity contribution in [1.29, 1.82) is 0 Å². The monoisotopic (exact) mass is 433 g/mol. The number of rotatable bonds is 8. The van der Waals surface area contributed by atoms with Gasteiger partial charge in [-0.1, -0.05) is 25.5 Å². The molecule has 0 bridgehead atoms. The molecule has 7 nitrogen and oxygen atoms in total. The van der Waals surface area contributed by atoms with Gasteiger partial charge >= 0.3 is 0 Å². The Kier molecular flexibility index (Phi) is 6.83. The van der Waals surface area contributed by atoms with Crippen molar-refractivity contribution in [3.63, 3.8) is 0 Å². The van der Waals surface area contributed by atoms with E-state index >= 15 is 0 Å². The van der Waals surface area contributed by atoms with Crippen LogP contribution in [0.25, 0.3) is 11.5 Å². The van der Waals surface area contributed by atoms with Gasteiger partial charge in [0, 0.05) is 31.4 Å². The second-order valence-corrected chi connectivity index (χ2v) is 8.83. The number of methoxy groups -OCH3 is 1. The lowest BCUT2D eigenvalue weighted by Crippen LogP contribution is -2.32. The molecule has 0 aliphatic heterocycles. The molecular weight excluding hydrogens is 402 g/mol. The molecule has 1 aliphatic rings. The smallest absolute Gasteiger partial charge is 0.249 e. The number of nitrogens with one attached hydrogen (secondary N) is 1. The highest BCUT2D eigenvalue weighted by Gasteiger charge is 2.32. The summed E-state index contributed by atoms with van der Waals surface area (Å²) >= 11 is 0. The topological polar surface area (TPSA) is 86.0 Å². The summed E-state index contributed by atoms with van der Waals surface area (Å²) in [7, 11) is 1.63. The minimum absolute atomic E-state index is 0.406. The van der Waals surface area contributed by atoms with Crippen molar-refractivity contribution in [2.75, 3.05) is 19.0 Å². The molecule has 3 aromatic heterocycles. The standard InChI is InChI=1S/C25H31N5O2/c1-16(2)22-11-19(12-24-29-30-25(32-24)18-6-5-9-26-13-18)17(3)10-20(22)14-27-21-7-8-23(31-4)28-15-21/h5-10,13,15-16,19-20,22,27H,11-12,14H2,1-4H3. The maximum atomic E-state index is 5.95. The molecule has 3 atom stereocenters. The van der Waals surface area contributed by atoms with Crippen molar-refractivity contribution in [3.05, 3.63) is 60.4 Å². The van der Waals surface area contributed by atoms with Crippen LogP contribution >= 0.6 is 0 Å². The highest BCUT2D eigenvalue weighted by Crippen LogP contribution is 2.39. The van der Waals surface area contributed by atoms with E-state index in [4.69, 9.17) is 9.15 Å². The van der Waals surface area contributed by atoms with Crippen LogP contribution in [0.3, 0.4) is 0 Å². The Balaban J connectivity index is 1.43. The molecule has 0 amide bonds. The van der Waals surface area contributed by atoms with Crippen LogP contribution in [0, 0.1) is 23.7 Å². The third kappa shape index (κ3) is 5.15. The SMILES string of the molecule is COc1ccc(NCC2C=C(C)C(Cc3nnc(-c4cccnc4)o3)CC2C(C)C)cn1. The Bertz CT molecular complexity index is 1030. The van der Waals surface area contributed by atoms with E-state index in [1.807, 2.05) is 30.5 Å². The molecule has 4 rings (SSSR count). The highest BCUT2D eigenvalue weighted by atomic mass is 16.5. The molecule has 0 saturated heterocycles. The summed E-state index contributed by atoms with van der Waals surface area (Å²) in [5.74, 6) is 3.86. The number of allylic oxidation sites excluding steroid dienone is 1. The number of anilines is 1. The predicted molar refractivity (Wildman–Crippen MR) is 124 cm³/mol. The van der Waals surface area contributed by atoms with E-state index in [1.54, 1.807) is 19.5 Å². The van der Waals surface area contributed by atoms with Crippen LogP contribution in [0.4, 0.5) is 5.69 Å². The second-order valence-electron chi connectivity index (χ2n) is 8.83. The first kappa shape index (κ1) is 22.0. The normalized spacial score (nSPS) is 20.8. The molecule has 168 valence electrons. The Morgan fingerprint density at radius 1 is 1.19 bits per heavy atom. The number of ether oxygens (including phenoxy) is 1. The van der Waals surface area contributed by atoms with E-state index in [9.17, 15) is 0 Å². The number of nitrogens with zero attached hydrogens (tertiary/aromatic N) is 4. The van der Waals surface area contributed by atoms with Crippen molar-refractivity contribution < 1.29 is 9.15 Å². The van der Waals surface area contributed by atoms with Gasteiger partial charge in [0.1, 0.15) is 0 Å². The summed E-state index contributed by atoms with van der Waals surface area (Å²) in [6.45, 7) is 7.73. The second kappa shape index (κ2) is 9.94. The number of pyridine rings is 2. The summed E-state index contributed by atoms with van der Waals surface area (Å²) < 4.78 is 11.1. The Labute approximate surface area is 189 Å². The molecular formula is C25H31N5O2. The molecule has 3 aromatic rings. The quantitative estimate of drug-likeness (QED) is 0.498. The van der Waals surface area contributed by atoms with Gasteiger partial charge < -0.3 is 14.5 Å². The van der Waals surface area contributed by atoms with E-state index in [-0.39, 0.29) is 0 Å². The summed E-state index contributed by atoms with van der Waals surface area (Å²) in [4.78, 5) is 8.42. The molecule has 0 radical (unpaired) electrons. The van der Waals surface area contributed by atoms with Gasteiger partial charge in [0.25, 0.3) is 0 Å². The van der Waals surface area contributed by atoms with Gasteiger partial charge in [0.2, 0.25) is 17.7 Å². The van der Waals surface area contributed by atoms with Crippen molar-refractivity contribution in [3.8, 4) is 17.3 Å². The van der Waals surface area contributed by atoms with Crippen LogP contribution in [-0.4, -0.2) is 33.8 Å². The average molecular weight is 434 g/mol. The summed E-state index contributed by atoms with van der Waals surface area (Å²) in [5, 5.41) is 12.1. The minimum Gasteiger partial charge on any atom is -0.481 e. The third-order valence-corrected chi connectivity index (χ3v) is 6.37. The van der Waals surface area contributed by atoms with E-state index in [2.05, 4.69) is 52.3 Å². The fourth-order valence-electron chi connectivity index (χ4n) is 4.50. The van der Waals surface area contributed by atoms with Crippen molar-refractivity contribution in [1.82, 2.24) is 20.2 Å². The van der Waals surface area contributed by atoms with Crippen LogP contribution < -0.4 is 10.1 Å². The zero-order valence-corrected chi connectivity index (χ0v) is 19.2. The van der Waals surface area contributed by atoms with Crippen LogP contribution in [-0.2, 0) is 6.42 Å². The zero-order valence-electron chi connectivity index (χ0n) is 19.2. The predicted octanol–water partition coefficient (Wildman–Crippen LogP) is 5.04. The van der Waals surface area contributed by atoms with E-state index < -0.39 is 0 Å². The van der Waals surface area contributed by atoms with Gasteiger partial charge in [-0.3, -0.25) is 4.98 Å². The molecule has 0 saturated carbocycles. The molecule has 3 heterocycles. The van der Waals surface area contributed by atoms with Gasteiger partial charge in [-0.05, 0) is 55.2 Å².